The van der Waals surface area contributed by atoms with Crippen LogP contribution in [0.2, 0.25) is 5.15 Å². The highest BCUT2D eigenvalue weighted by atomic mass is 35.5. The molecular weight excluding hydrogens is 455 g/mol. The number of benzene rings is 1. The lowest BCUT2D eigenvalue weighted by molar-refractivity contribution is -0.137. The van der Waals surface area contributed by atoms with Gasteiger partial charge >= 0.3 is 6.18 Å². The molecule has 2 N–H and O–H groups in total. The number of hydrogen-bond donors (Lipinski definition) is 2. The minimum Gasteiger partial charge on any atom is -0.325 e. The molecular formula is C23H15ClF3N5O. The summed E-state index contributed by atoms with van der Waals surface area (Å²) < 4.78 is 38.1. The number of carbonyl (C=O) groups is 1. The molecule has 4 rings (SSSR count). The molecule has 1 aromatic carbocycles. The van der Waals surface area contributed by atoms with E-state index in [1.165, 1.54) is 30.6 Å². The minimum atomic E-state index is -4.48. The third-order valence-corrected chi connectivity index (χ3v) is 4.78. The summed E-state index contributed by atoms with van der Waals surface area (Å²) in [5.41, 5.74) is 1.42. The van der Waals surface area contributed by atoms with Gasteiger partial charge in [0, 0.05) is 23.5 Å². The van der Waals surface area contributed by atoms with Crippen LogP contribution in [0, 0.1) is 0 Å². The molecule has 6 nitrogen and oxygen atoms in total. The molecule has 3 heterocycles. The summed E-state index contributed by atoms with van der Waals surface area (Å²) in [7, 11) is 0. The van der Waals surface area contributed by atoms with Gasteiger partial charge in [-0.05, 0) is 35.9 Å². The maximum Gasteiger partial charge on any atom is 0.417 e. The molecule has 0 radical (unpaired) electrons. The number of nitrogens with one attached hydrogen (secondary N) is 2. The van der Waals surface area contributed by atoms with Gasteiger partial charge < -0.3 is 10.6 Å². The first-order chi connectivity index (χ1) is 15.8. The van der Waals surface area contributed by atoms with Crippen molar-refractivity contribution in [3.8, 4) is 11.1 Å². The van der Waals surface area contributed by atoms with Crippen LogP contribution in [0.3, 0.4) is 0 Å². The summed E-state index contributed by atoms with van der Waals surface area (Å²) in [6.45, 7) is 0. The number of pyridine rings is 3. The number of nitrogens with zero attached hydrogens (tertiary/aromatic N) is 3. The molecule has 0 fully saturated rings. The van der Waals surface area contributed by atoms with Gasteiger partial charge in [-0.2, -0.15) is 13.2 Å². The monoisotopic (exact) mass is 469 g/mol. The predicted molar refractivity (Wildman–Crippen MR) is 119 cm³/mol. The van der Waals surface area contributed by atoms with Gasteiger partial charge in [-0.25, -0.2) is 15.0 Å². The van der Waals surface area contributed by atoms with Crippen LogP contribution in [0.5, 0.6) is 0 Å². The number of hydrogen-bond acceptors (Lipinski definition) is 5. The number of rotatable bonds is 5. The Hall–Kier alpha value is -3.98. The van der Waals surface area contributed by atoms with Crippen molar-refractivity contribution >= 4 is 34.8 Å². The van der Waals surface area contributed by atoms with Gasteiger partial charge in [0.25, 0.3) is 5.91 Å². The Labute approximate surface area is 191 Å². The number of alkyl halides is 3. The van der Waals surface area contributed by atoms with E-state index in [0.29, 0.717) is 11.3 Å². The van der Waals surface area contributed by atoms with Crippen molar-refractivity contribution in [1.82, 2.24) is 15.0 Å². The second-order valence-corrected chi connectivity index (χ2v) is 7.24. The quantitative estimate of drug-likeness (QED) is 0.340. The molecule has 4 aromatic rings. The van der Waals surface area contributed by atoms with Crippen molar-refractivity contribution in [2.45, 2.75) is 6.18 Å². The van der Waals surface area contributed by atoms with Crippen LogP contribution in [0.1, 0.15) is 15.9 Å². The SMILES string of the molecule is O=C(Nc1cnc(Cl)cc1-c1ccccc1)c1ccnc(Nc2ccc(C(F)(F)F)cn2)c1. The van der Waals surface area contributed by atoms with E-state index in [4.69, 9.17) is 11.6 Å². The predicted octanol–water partition coefficient (Wildman–Crippen LogP) is 6.21. The fourth-order valence-corrected chi connectivity index (χ4v) is 3.15. The van der Waals surface area contributed by atoms with E-state index in [1.54, 1.807) is 6.07 Å². The molecule has 1 amide bonds. The first kappa shape index (κ1) is 22.2. The first-order valence-corrected chi connectivity index (χ1v) is 9.96. The molecule has 0 saturated heterocycles. The Balaban J connectivity index is 1.53. The van der Waals surface area contributed by atoms with E-state index in [9.17, 15) is 18.0 Å². The molecule has 10 heteroatoms. The molecule has 0 aliphatic heterocycles. The zero-order valence-corrected chi connectivity index (χ0v) is 17.5. The van der Waals surface area contributed by atoms with Crippen LogP contribution < -0.4 is 10.6 Å². The van der Waals surface area contributed by atoms with E-state index in [0.717, 1.165) is 17.8 Å². The van der Waals surface area contributed by atoms with Crippen molar-refractivity contribution < 1.29 is 18.0 Å². The van der Waals surface area contributed by atoms with E-state index in [2.05, 4.69) is 25.6 Å². The molecule has 0 saturated carbocycles. The average Bonchev–Trinajstić information content (AvgIpc) is 2.81. The molecule has 0 atom stereocenters. The van der Waals surface area contributed by atoms with Crippen molar-refractivity contribution in [3.63, 3.8) is 0 Å². The second-order valence-electron chi connectivity index (χ2n) is 6.86. The maximum absolute atomic E-state index is 12.9. The van der Waals surface area contributed by atoms with Crippen molar-refractivity contribution in [2.24, 2.45) is 0 Å². The van der Waals surface area contributed by atoms with Gasteiger partial charge in [-0.3, -0.25) is 4.79 Å². The van der Waals surface area contributed by atoms with E-state index >= 15 is 0 Å². The fourth-order valence-electron chi connectivity index (χ4n) is 2.99. The van der Waals surface area contributed by atoms with E-state index in [-0.39, 0.29) is 22.4 Å². The Morgan fingerprint density at radius 2 is 1.67 bits per heavy atom. The standard InChI is InChI=1S/C23H15ClF3N5O/c24-19-11-17(14-4-2-1-3-5-14)18(13-29-19)31-22(33)15-8-9-28-21(10-15)32-20-7-6-16(12-30-20)23(25,26)27/h1-13H,(H,31,33)(H,28,30,32). The Kier molecular flexibility index (Phi) is 6.23. The van der Waals surface area contributed by atoms with Crippen LogP contribution in [-0.4, -0.2) is 20.9 Å². The molecule has 166 valence electrons. The topological polar surface area (TPSA) is 79.8 Å². The zero-order valence-electron chi connectivity index (χ0n) is 16.8. The minimum absolute atomic E-state index is 0.154. The summed E-state index contributed by atoms with van der Waals surface area (Å²) in [4.78, 5) is 24.8. The van der Waals surface area contributed by atoms with Crippen molar-refractivity contribution in [1.29, 1.82) is 0 Å². The Morgan fingerprint density at radius 1 is 0.879 bits per heavy atom. The number of carbonyl (C=O) groups excluding carboxylic acids is 1. The third-order valence-electron chi connectivity index (χ3n) is 4.57. The van der Waals surface area contributed by atoms with Gasteiger partial charge in [-0.15, -0.1) is 0 Å². The molecule has 0 spiro atoms. The third kappa shape index (κ3) is 5.45. The summed E-state index contributed by atoms with van der Waals surface area (Å²) >= 11 is 6.04. The van der Waals surface area contributed by atoms with Gasteiger partial charge in [0.15, 0.2) is 0 Å². The lowest BCUT2D eigenvalue weighted by Crippen LogP contribution is -2.13. The average molecular weight is 470 g/mol. The smallest absolute Gasteiger partial charge is 0.325 e. The maximum atomic E-state index is 12.9. The van der Waals surface area contributed by atoms with Gasteiger partial charge in [0.1, 0.15) is 16.8 Å². The van der Waals surface area contributed by atoms with Crippen LogP contribution in [-0.2, 0) is 6.18 Å². The van der Waals surface area contributed by atoms with Crippen LogP contribution in [0.15, 0.2) is 79.3 Å². The Morgan fingerprint density at radius 3 is 2.36 bits per heavy atom. The molecule has 33 heavy (non-hydrogen) atoms. The number of anilines is 3. The largest absolute Gasteiger partial charge is 0.417 e. The summed E-state index contributed by atoms with van der Waals surface area (Å²) in [5.74, 6) is -0.0316. The highest BCUT2D eigenvalue weighted by Gasteiger charge is 2.30. The number of halogens is 4. The summed E-state index contributed by atoms with van der Waals surface area (Å²) in [6.07, 6.45) is -0.886. The lowest BCUT2D eigenvalue weighted by Gasteiger charge is -2.12. The van der Waals surface area contributed by atoms with E-state index < -0.39 is 17.6 Å². The van der Waals surface area contributed by atoms with Gasteiger partial charge in [0.2, 0.25) is 0 Å². The van der Waals surface area contributed by atoms with Crippen molar-refractivity contribution in [2.75, 3.05) is 10.6 Å². The van der Waals surface area contributed by atoms with E-state index in [1.807, 2.05) is 30.3 Å². The highest BCUT2D eigenvalue weighted by Crippen LogP contribution is 2.30. The first-order valence-electron chi connectivity index (χ1n) is 9.58. The highest BCUT2D eigenvalue weighted by molar-refractivity contribution is 6.29. The van der Waals surface area contributed by atoms with Crippen LogP contribution in [0.25, 0.3) is 11.1 Å². The molecule has 0 aliphatic rings. The van der Waals surface area contributed by atoms with Gasteiger partial charge in [-0.1, -0.05) is 41.9 Å². The fraction of sp³-hybridized carbons (Fsp3) is 0.0435. The number of aromatic nitrogens is 3. The number of amides is 1. The second kappa shape index (κ2) is 9.25. The van der Waals surface area contributed by atoms with Gasteiger partial charge in [0.05, 0.1) is 17.4 Å². The molecule has 0 bridgehead atoms. The summed E-state index contributed by atoms with van der Waals surface area (Å²) in [5, 5.41) is 5.88. The summed E-state index contributed by atoms with van der Waals surface area (Å²) in [6, 6.07) is 16.1. The lowest BCUT2D eigenvalue weighted by atomic mass is 10.1. The van der Waals surface area contributed by atoms with Crippen LogP contribution >= 0.6 is 11.6 Å². The molecule has 0 aliphatic carbocycles. The van der Waals surface area contributed by atoms with Crippen LogP contribution in [0.4, 0.5) is 30.5 Å². The normalized spacial score (nSPS) is 11.2. The molecule has 0 unspecified atom stereocenters. The van der Waals surface area contributed by atoms with Crippen molar-refractivity contribution in [3.05, 3.63) is 95.5 Å². The zero-order chi connectivity index (χ0) is 23.4. The molecule has 3 aromatic heterocycles. The Bertz CT molecular complexity index is 1280.